The van der Waals surface area contributed by atoms with E-state index in [0.29, 0.717) is 13.1 Å². The summed E-state index contributed by atoms with van der Waals surface area (Å²) in [4.78, 5) is 9.18. The molecule has 0 saturated carbocycles. The van der Waals surface area contributed by atoms with E-state index in [9.17, 15) is 8.42 Å². The van der Waals surface area contributed by atoms with Crippen LogP contribution < -0.4 is 0 Å². The second-order valence-corrected chi connectivity index (χ2v) is 8.61. The van der Waals surface area contributed by atoms with E-state index in [0.717, 1.165) is 35.5 Å². The molecule has 26 heavy (non-hydrogen) atoms. The van der Waals surface area contributed by atoms with Gasteiger partial charge in [-0.05, 0) is 31.0 Å². The Morgan fingerprint density at radius 3 is 2.73 bits per heavy atom. The third-order valence-electron chi connectivity index (χ3n) is 4.95. The summed E-state index contributed by atoms with van der Waals surface area (Å²) in [5.74, 6) is 1.10. The molecule has 136 valence electrons. The third kappa shape index (κ3) is 3.12. The minimum atomic E-state index is -3.32. The van der Waals surface area contributed by atoms with Crippen molar-refractivity contribution < 1.29 is 8.42 Å². The first kappa shape index (κ1) is 17.2. The van der Waals surface area contributed by atoms with E-state index < -0.39 is 10.0 Å². The predicted molar refractivity (Wildman–Crippen MR) is 101 cm³/mol. The lowest BCUT2D eigenvalue weighted by molar-refractivity contribution is 0.468. The molecule has 1 saturated heterocycles. The molecule has 3 heterocycles. The number of pyridine rings is 1. The minimum Gasteiger partial charge on any atom is -0.313 e. The van der Waals surface area contributed by atoms with E-state index in [4.69, 9.17) is 4.98 Å². The molecule has 1 aliphatic heterocycles. The fourth-order valence-corrected chi connectivity index (χ4v) is 5.25. The summed E-state index contributed by atoms with van der Waals surface area (Å²) in [7, 11) is -3.32. The van der Waals surface area contributed by atoms with E-state index >= 15 is 0 Å². The van der Waals surface area contributed by atoms with E-state index in [-0.39, 0.29) is 11.7 Å². The van der Waals surface area contributed by atoms with Crippen LogP contribution in [0.3, 0.4) is 0 Å². The molecule has 0 N–H and O–H groups in total. The fourth-order valence-electron chi connectivity index (χ4n) is 3.67. The van der Waals surface area contributed by atoms with Gasteiger partial charge in [0.25, 0.3) is 0 Å². The summed E-state index contributed by atoms with van der Waals surface area (Å²) in [6.07, 6.45) is 2.56. The van der Waals surface area contributed by atoms with Gasteiger partial charge in [-0.15, -0.1) is 0 Å². The number of benzene rings is 1. The molecule has 1 aromatic carbocycles. The van der Waals surface area contributed by atoms with Crippen molar-refractivity contribution in [3.63, 3.8) is 0 Å². The van der Waals surface area contributed by atoms with Crippen molar-refractivity contribution in [2.24, 2.45) is 0 Å². The topological polar surface area (TPSA) is 68.1 Å². The van der Waals surface area contributed by atoms with Crippen molar-refractivity contribution in [1.82, 2.24) is 18.8 Å². The number of nitrogens with zero attached hydrogens (tertiary/aromatic N) is 4. The number of hydrogen-bond acceptors (Lipinski definition) is 4. The van der Waals surface area contributed by atoms with Gasteiger partial charge in [0, 0.05) is 31.7 Å². The zero-order chi connectivity index (χ0) is 18.1. The van der Waals surface area contributed by atoms with Crippen molar-refractivity contribution >= 4 is 21.2 Å². The van der Waals surface area contributed by atoms with Crippen LogP contribution in [0.2, 0.25) is 0 Å². The first-order valence-electron chi connectivity index (χ1n) is 8.91. The van der Waals surface area contributed by atoms with Crippen LogP contribution in [0.1, 0.15) is 30.7 Å². The second kappa shape index (κ2) is 6.81. The first-order valence-corrected chi connectivity index (χ1v) is 10.5. The molecule has 1 aliphatic rings. The molecular weight excluding hydrogens is 348 g/mol. The van der Waals surface area contributed by atoms with Gasteiger partial charge < -0.3 is 4.57 Å². The van der Waals surface area contributed by atoms with Crippen molar-refractivity contribution in [3.8, 4) is 0 Å². The highest BCUT2D eigenvalue weighted by atomic mass is 32.2. The molecule has 1 fully saturated rings. The lowest BCUT2D eigenvalue weighted by Gasteiger charge is -2.17. The summed E-state index contributed by atoms with van der Waals surface area (Å²) in [5, 5.41) is 0. The van der Waals surface area contributed by atoms with Crippen LogP contribution in [-0.4, -0.2) is 40.3 Å². The summed E-state index contributed by atoms with van der Waals surface area (Å²) in [6.45, 7) is 3.87. The number of sulfonamides is 1. The van der Waals surface area contributed by atoms with Crippen molar-refractivity contribution in [1.29, 1.82) is 0 Å². The molecule has 3 aromatic rings. The maximum Gasteiger partial charge on any atom is 0.218 e. The highest BCUT2D eigenvalue weighted by Crippen LogP contribution is 2.31. The lowest BCUT2D eigenvalue weighted by atomic mass is 10.1. The Labute approximate surface area is 153 Å². The van der Waals surface area contributed by atoms with Gasteiger partial charge in [0.15, 0.2) is 5.65 Å². The number of imidazole rings is 1. The Morgan fingerprint density at radius 2 is 1.96 bits per heavy atom. The molecule has 0 amide bonds. The average Bonchev–Trinajstić information content (AvgIpc) is 3.27. The van der Waals surface area contributed by atoms with Crippen LogP contribution in [0, 0.1) is 0 Å². The monoisotopic (exact) mass is 370 g/mol. The zero-order valence-corrected chi connectivity index (χ0v) is 15.6. The smallest absolute Gasteiger partial charge is 0.218 e. The van der Waals surface area contributed by atoms with Gasteiger partial charge in [0.2, 0.25) is 10.0 Å². The van der Waals surface area contributed by atoms with E-state index in [2.05, 4.69) is 16.5 Å². The Balaban J connectivity index is 1.57. The summed E-state index contributed by atoms with van der Waals surface area (Å²) in [5.41, 5.74) is 2.56. The van der Waals surface area contributed by atoms with Gasteiger partial charge in [0.1, 0.15) is 11.3 Å². The third-order valence-corrected chi connectivity index (χ3v) is 6.77. The lowest BCUT2D eigenvalue weighted by Crippen LogP contribution is -2.30. The molecule has 0 radical (unpaired) electrons. The molecule has 7 heteroatoms. The summed E-state index contributed by atoms with van der Waals surface area (Å²) < 4.78 is 29.3. The van der Waals surface area contributed by atoms with E-state index in [1.165, 1.54) is 0 Å². The average molecular weight is 370 g/mol. The first-order chi connectivity index (χ1) is 12.6. The molecule has 4 rings (SSSR count). The number of hydrogen-bond donors (Lipinski definition) is 0. The summed E-state index contributed by atoms with van der Waals surface area (Å²) >= 11 is 0. The molecule has 1 atom stereocenters. The molecule has 0 spiro atoms. The quantitative estimate of drug-likeness (QED) is 0.693. The molecule has 1 unspecified atom stereocenters. The molecule has 6 nitrogen and oxygen atoms in total. The highest BCUT2D eigenvalue weighted by molar-refractivity contribution is 7.88. The summed E-state index contributed by atoms with van der Waals surface area (Å²) in [6, 6.07) is 13.2. The molecular formula is C19H22N4O2S. The number of aryl methyl sites for hydroxylation is 1. The zero-order valence-electron chi connectivity index (χ0n) is 14.7. The van der Waals surface area contributed by atoms with Crippen LogP contribution in [0.25, 0.3) is 11.2 Å². The van der Waals surface area contributed by atoms with Gasteiger partial charge in [-0.1, -0.05) is 30.3 Å². The Bertz CT molecular complexity index is 1010. The Hall–Kier alpha value is -2.25. The van der Waals surface area contributed by atoms with Gasteiger partial charge >= 0.3 is 0 Å². The standard InChI is InChI=1S/C19H22N4O2S/c1-2-23-18(21-17-9-6-11-20-19(17)23)16-10-12-22(13-16)26(24,25)14-15-7-4-3-5-8-15/h3-9,11,16H,2,10,12-14H2,1H3. The molecule has 2 aromatic heterocycles. The largest absolute Gasteiger partial charge is 0.313 e. The Kier molecular flexibility index (Phi) is 4.50. The van der Waals surface area contributed by atoms with Crippen LogP contribution in [-0.2, 0) is 22.3 Å². The fraction of sp³-hybridized carbons (Fsp3) is 0.368. The minimum absolute atomic E-state index is 0.0479. The van der Waals surface area contributed by atoms with Gasteiger partial charge in [-0.25, -0.2) is 22.7 Å². The van der Waals surface area contributed by atoms with Crippen LogP contribution in [0.15, 0.2) is 48.7 Å². The van der Waals surface area contributed by atoms with Crippen LogP contribution in [0.4, 0.5) is 0 Å². The number of rotatable bonds is 5. The van der Waals surface area contributed by atoms with Crippen LogP contribution >= 0.6 is 0 Å². The molecule has 0 bridgehead atoms. The Morgan fingerprint density at radius 1 is 1.15 bits per heavy atom. The normalized spacial score (nSPS) is 18.6. The number of fused-ring (bicyclic) bond motifs is 1. The van der Waals surface area contributed by atoms with E-state index in [1.807, 2.05) is 42.5 Å². The van der Waals surface area contributed by atoms with Gasteiger partial charge in [-0.3, -0.25) is 0 Å². The highest BCUT2D eigenvalue weighted by Gasteiger charge is 2.34. The molecule has 0 aliphatic carbocycles. The number of aromatic nitrogens is 3. The van der Waals surface area contributed by atoms with Crippen molar-refractivity contribution in [3.05, 3.63) is 60.0 Å². The van der Waals surface area contributed by atoms with Gasteiger partial charge in [-0.2, -0.15) is 0 Å². The maximum absolute atomic E-state index is 12.8. The van der Waals surface area contributed by atoms with Gasteiger partial charge in [0.05, 0.1) is 5.75 Å². The maximum atomic E-state index is 12.8. The second-order valence-electron chi connectivity index (χ2n) is 6.65. The van der Waals surface area contributed by atoms with Crippen molar-refractivity contribution in [2.75, 3.05) is 13.1 Å². The van der Waals surface area contributed by atoms with Crippen LogP contribution in [0.5, 0.6) is 0 Å². The van der Waals surface area contributed by atoms with Crippen molar-refractivity contribution in [2.45, 2.75) is 31.6 Å². The SMILES string of the molecule is CCn1c(C2CCN(S(=O)(=O)Cc3ccccc3)C2)nc2cccnc21. The van der Waals surface area contributed by atoms with E-state index in [1.54, 1.807) is 10.5 Å². The predicted octanol–water partition coefficient (Wildman–Crippen LogP) is 2.77.